The van der Waals surface area contributed by atoms with Crippen LogP contribution in [-0.4, -0.2) is 37.8 Å². The van der Waals surface area contributed by atoms with Gasteiger partial charge in [0.2, 0.25) is 0 Å². The molecule has 0 spiro atoms. The van der Waals surface area contributed by atoms with Crippen LogP contribution in [-0.2, 0) is 0 Å². The topological polar surface area (TPSA) is 58.7 Å². The minimum absolute atomic E-state index is 0.626. The highest BCUT2D eigenvalue weighted by molar-refractivity contribution is 5.82. The third-order valence-electron chi connectivity index (χ3n) is 0.924. The number of aliphatic imine (C=N–C) groups is 1. The van der Waals surface area contributed by atoms with Crippen LogP contribution in [0.15, 0.2) is 4.99 Å². The normalized spacial score (nSPS) is 11.1. The Morgan fingerprint density at radius 1 is 1.70 bits per heavy atom. The van der Waals surface area contributed by atoms with E-state index in [2.05, 4.69) is 4.99 Å². The highest BCUT2D eigenvalue weighted by Gasteiger charge is 1.86. The van der Waals surface area contributed by atoms with Gasteiger partial charge in [-0.3, -0.25) is 0 Å². The Morgan fingerprint density at radius 3 is 2.70 bits per heavy atom. The second-order valence-electron chi connectivity index (χ2n) is 2.24. The molecule has 2 amide bonds. The lowest BCUT2D eigenvalue weighted by Crippen LogP contribution is -2.13. The van der Waals surface area contributed by atoms with Crippen molar-refractivity contribution in [1.82, 2.24) is 4.90 Å². The van der Waals surface area contributed by atoms with Crippen molar-refractivity contribution in [2.75, 3.05) is 20.6 Å². The van der Waals surface area contributed by atoms with Crippen molar-refractivity contribution in [2.45, 2.75) is 6.42 Å². The molecule has 0 aliphatic rings. The zero-order chi connectivity index (χ0) is 7.98. The summed E-state index contributed by atoms with van der Waals surface area (Å²) in [5.41, 5.74) is 4.76. The summed E-state index contributed by atoms with van der Waals surface area (Å²) in [6.45, 7) is 0.886. The monoisotopic (exact) mass is 143 g/mol. The smallest absolute Gasteiger partial charge is 0.337 e. The van der Waals surface area contributed by atoms with Crippen molar-refractivity contribution in [3.05, 3.63) is 0 Å². The minimum Gasteiger partial charge on any atom is -0.350 e. The molecular formula is C6H13N3O. The Bertz CT molecular complexity index is 131. The van der Waals surface area contributed by atoms with Crippen LogP contribution in [0.4, 0.5) is 4.79 Å². The molecule has 0 fully saturated rings. The van der Waals surface area contributed by atoms with Crippen molar-refractivity contribution in [1.29, 1.82) is 0 Å². The SMILES string of the molecule is CN(C)CCC=NC(N)=O. The minimum atomic E-state index is -0.626. The highest BCUT2D eigenvalue weighted by atomic mass is 16.2. The predicted molar refractivity (Wildman–Crippen MR) is 41.2 cm³/mol. The first kappa shape index (κ1) is 9.10. The summed E-state index contributed by atoms with van der Waals surface area (Å²) in [5, 5.41) is 0. The molecule has 0 rings (SSSR count). The number of rotatable bonds is 3. The summed E-state index contributed by atoms with van der Waals surface area (Å²) in [6, 6.07) is -0.626. The largest absolute Gasteiger partial charge is 0.350 e. The summed E-state index contributed by atoms with van der Waals surface area (Å²) >= 11 is 0. The van der Waals surface area contributed by atoms with Gasteiger partial charge in [0, 0.05) is 12.8 Å². The van der Waals surface area contributed by atoms with E-state index >= 15 is 0 Å². The van der Waals surface area contributed by atoms with Gasteiger partial charge in [-0.15, -0.1) is 0 Å². The molecule has 4 heteroatoms. The molecule has 2 N–H and O–H groups in total. The maximum absolute atomic E-state index is 10.1. The first-order valence-electron chi connectivity index (χ1n) is 3.09. The van der Waals surface area contributed by atoms with Crippen LogP contribution in [0.1, 0.15) is 6.42 Å². The van der Waals surface area contributed by atoms with Gasteiger partial charge < -0.3 is 10.6 Å². The van der Waals surface area contributed by atoms with E-state index in [0.29, 0.717) is 0 Å². The summed E-state index contributed by atoms with van der Waals surface area (Å²) < 4.78 is 0. The van der Waals surface area contributed by atoms with E-state index in [1.165, 1.54) is 6.21 Å². The number of nitrogens with two attached hydrogens (primary N) is 1. The molecule has 0 heterocycles. The van der Waals surface area contributed by atoms with Crippen LogP contribution < -0.4 is 5.73 Å². The number of carbonyl (C=O) groups excluding carboxylic acids is 1. The first-order chi connectivity index (χ1) is 4.63. The molecule has 0 aliphatic heterocycles. The second-order valence-corrected chi connectivity index (χ2v) is 2.24. The third-order valence-corrected chi connectivity index (χ3v) is 0.924. The number of hydrogen-bond acceptors (Lipinski definition) is 2. The summed E-state index contributed by atoms with van der Waals surface area (Å²) in [4.78, 5) is 15.4. The lowest BCUT2D eigenvalue weighted by atomic mass is 10.4. The van der Waals surface area contributed by atoms with Crippen molar-refractivity contribution < 1.29 is 4.79 Å². The van der Waals surface area contributed by atoms with Crippen LogP contribution in [0.25, 0.3) is 0 Å². The van der Waals surface area contributed by atoms with E-state index in [0.717, 1.165) is 13.0 Å². The fourth-order valence-electron chi connectivity index (χ4n) is 0.470. The molecule has 0 unspecified atom stereocenters. The Labute approximate surface area is 60.7 Å². The molecule has 0 bridgehead atoms. The number of amides is 2. The summed E-state index contributed by atoms with van der Waals surface area (Å²) in [5.74, 6) is 0. The maximum Gasteiger partial charge on any atom is 0.337 e. The number of nitrogens with zero attached hydrogens (tertiary/aromatic N) is 2. The number of carbonyl (C=O) groups is 1. The van der Waals surface area contributed by atoms with Gasteiger partial charge in [0.25, 0.3) is 0 Å². The van der Waals surface area contributed by atoms with Crippen molar-refractivity contribution in [3.63, 3.8) is 0 Å². The molecule has 0 saturated heterocycles. The van der Waals surface area contributed by atoms with Gasteiger partial charge in [-0.25, -0.2) is 9.79 Å². The average Bonchev–Trinajstić information content (AvgIpc) is 1.79. The van der Waals surface area contributed by atoms with Gasteiger partial charge >= 0.3 is 6.03 Å². The zero-order valence-electron chi connectivity index (χ0n) is 6.37. The van der Waals surface area contributed by atoms with Crippen LogP contribution in [0, 0.1) is 0 Å². The van der Waals surface area contributed by atoms with Crippen molar-refractivity contribution in [3.8, 4) is 0 Å². The summed E-state index contributed by atoms with van der Waals surface area (Å²) in [7, 11) is 3.91. The molecule has 4 nitrogen and oxygen atoms in total. The Kier molecular flexibility index (Phi) is 4.49. The molecule has 0 aromatic heterocycles. The van der Waals surface area contributed by atoms with E-state index < -0.39 is 6.03 Å². The predicted octanol–water partition coefficient (Wildman–Crippen LogP) is 0.0876. The maximum atomic E-state index is 10.1. The van der Waals surface area contributed by atoms with E-state index in [9.17, 15) is 4.79 Å². The van der Waals surface area contributed by atoms with E-state index in [-0.39, 0.29) is 0 Å². The second kappa shape index (κ2) is 4.93. The van der Waals surface area contributed by atoms with Gasteiger partial charge in [0.05, 0.1) is 0 Å². The highest BCUT2D eigenvalue weighted by Crippen LogP contribution is 1.78. The molecule has 0 atom stereocenters. The molecule has 0 aromatic carbocycles. The molecule has 0 aromatic rings. The van der Waals surface area contributed by atoms with Gasteiger partial charge in [-0.2, -0.15) is 0 Å². The standard InChI is InChI=1S/C6H13N3O/c1-9(2)5-3-4-8-6(7)10/h4H,3,5H2,1-2H3,(H2,7,10). The quantitative estimate of drug-likeness (QED) is 0.569. The van der Waals surface area contributed by atoms with Crippen LogP contribution in [0.2, 0.25) is 0 Å². The zero-order valence-corrected chi connectivity index (χ0v) is 6.37. The van der Waals surface area contributed by atoms with Crippen LogP contribution >= 0.6 is 0 Å². The number of urea groups is 1. The molecule has 0 radical (unpaired) electrons. The number of hydrogen-bond donors (Lipinski definition) is 1. The van der Waals surface area contributed by atoms with Crippen LogP contribution in [0.3, 0.4) is 0 Å². The molecular weight excluding hydrogens is 130 g/mol. The molecule has 58 valence electrons. The Morgan fingerprint density at radius 2 is 2.30 bits per heavy atom. The van der Waals surface area contributed by atoms with Crippen LogP contribution in [0.5, 0.6) is 0 Å². The van der Waals surface area contributed by atoms with Gasteiger partial charge in [0.15, 0.2) is 0 Å². The fraction of sp³-hybridized carbons (Fsp3) is 0.667. The lowest BCUT2D eigenvalue weighted by molar-refractivity contribution is 0.257. The first-order valence-corrected chi connectivity index (χ1v) is 3.09. The third kappa shape index (κ3) is 7.10. The average molecular weight is 143 g/mol. The van der Waals surface area contributed by atoms with E-state index in [1.54, 1.807) is 0 Å². The van der Waals surface area contributed by atoms with E-state index in [1.807, 2.05) is 19.0 Å². The van der Waals surface area contributed by atoms with Gasteiger partial charge in [0.1, 0.15) is 0 Å². The Hall–Kier alpha value is -0.900. The fourth-order valence-corrected chi connectivity index (χ4v) is 0.470. The summed E-state index contributed by atoms with van der Waals surface area (Å²) in [6.07, 6.45) is 2.29. The number of primary amides is 1. The van der Waals surface area contributed by atoms with Crippen molar-refractivity contribution in [2.24, 2.45) is 10.7 Å². The lowest BCUT2D eigenvalue weighted by Gasteiger charge is -2.04. The van der Waals surface area contributed by atoms with Gasteiger partial charge in [-0.05, 0) is 20.5 Å². The van der Waals surface area contributed by atoms with Gasteiger partial charge in [-0.1, -0.05) is 0 Å². The molecule has 0 saturated carbocycles. The van der Waals surface area contributed by atoms with Crippen molar-refractivity contribution >= 4 is 12.2 Å². The molecule has 0 aliphatic carbocycles. The molecule has 10 heavy (non-hydrogen) atoms. The Balaban J connectivity index is 3.27. The van der Waals surface area contributed by atoms with E-state index in [4.69, 9.17) is 5.73 Å².